The monoisotopic (exact) mass is 236 g/mol. The van der Waals surface area contributed by atoms with E-state index < -0.39 is 0 Å². The number of benzene rings is 1. The molecule has 0 unspecified atom stereocenters. The molecule has 0 saturated heterocycles. The lowest BCUT2D eigenvalue weighted by atomic mass is 10.2. The lowest BCUT2D eigenvalue weighted by Gasteiger charge is -1.98. The minimum absolute atomic E-state index is 0.725. The zero-order chi connectivity index (χ0) is 12.4. The molecule has 3 aromatic rings. The van der Waals surface area contributed by atoms with E-state index in [0.717, 1.165) is 28.5 Å². The van der Waals surface area contributed by atoms with E-state index in [1.165, 1.54) is 0 Å². The van der Waals surface area contributed by atoms with Gasteiger partial charge in [-0.05, 0) is 24.3 Å². The van der Waals surface area contributed by atoms with Crippen LogP contribution in [0.25, 0.3) is 22.8 Å². The summed E-state index contributed by atoms with van der Waals surface area (Å²) in [6.07, 6.45) is 3.54. The molecule has 0 fully saturated rings. The molecule has 0 aliphatic carbocycles. The summed E-state index contributed by atoms with van der Waals surface area (Å²) in [7, 11) is 0. The van der Waals surface area contributed by atoms with Crippen LogP contribution >= 0.6 is 0 Å². The predicted octanol–water partition coefficient (Wildman–Crippen LogP) is 2.72. The first kappa shape index (κ1) is 10.5. The van der Waals surface area contributed by atoms with Gasteiger partial charge in [-0.25, -0.2) is 4.98 Å². The molecule has 1 aromatic carbocycles. The van der Waals surface area contributed by atoms with Gasteiger partial charge in [0.05, 0.1) is 17.6 Å². The van der Waals surface area contributed by atoms with Gasteiger partial charge in [0.25, 0.3) is 0 Å². The number of nitrogens with one attached hydrogen (secondary N) is 1. The maximum atomic E-state index is 5.76. The zero-order valence-corrected chi connectivity index (χ0v) is 9.67. The number of rotatable bonds is 2. The van der Waals surface area contributed by atoms with E-state index in [-0.39, 0.29) is 0 Å². The molecule has 3 N–H and O–H groups in total. The average molecular weight is 236 g/mol. The number of hydrogen-bond donors (Lipinski definition) is 2. The smallest absolute Gasteiger partial charge is 0.137 e. The van der Waals surface area contributed by atoms with Gasteiger partial charge in [0.15, 0.2) is 0 Å². The molecule has 0 spiro atoms. The second-order valence-electron chi connectivity index (χ2n) is 3.99. The Morgan fingerprint density at radius 1 is 1.00 bits per heavy atom. The van der Waals surface area contributed by atoms with E-state index in [0.29, 0.717) is 0 Å². The summed E-state index contributed by atoms with van der Waals surface area (Å²) < 4.78 is 0. The summed E-state index contributed by atoms with van der Waals surface area (Å²) in [4.78, 5) is 11.9. The van der Waals surface area contributed by atoms with Crippen LogP contribution in [-0.2, 0) is 0 Å². The fraction of sp³-hybridized carbons (Fsp3) is 0. The van der Waals surface area contributed by atoms with Gasteiger partial charge < -0.3 is 10.7 Å². The summed E-state index contributed by atoms with van der Waals surface area (Å²) in [6.45, 7) is 0. The molecule has 4 heteroatoms. The van der Waals surface area contributed by atoms with Crippen LogP contribution in [0.1, 0.15) is 0 Å². The van der Waals surface area contributed by atoms with E-state index in [2.05, 4.69) is 15.0 Å². The Labute approximate surface area is 105 Å². The maximum absolute atomic E-state index is 5.76. The first-order chi connectivity index (χ1) is 8.83. The Hall–Kier alpha value is -2.62. The minimum Gasteiger partial charge on any atom is -0.399 e. The van der Waals surface area contributed by atoms with E-state index in [1.807, 2.05) is 42.5 Å². The highest BCUT2D eigenvalue weighted by molar-refractivity contribution is 5.64. The van der Waals surface area contributed by atoms with Crippen molar-refractivity contribution < 1.29 is 0 Å². The summed E-state index contributed by atoms with van der Waals surface area (Å²) in [5, 5.41) is 0. The third-order valence-corrected chi connectivity index (χ3v) is 2.68. The first-order valence-electron chi connectivity index (χ1n) is 5.65. The zero-order valence-electron chi connectivity index (χ0n) is 9.67. The molecule has 0 bridgehead atoms. The van der Waals surface area contributed by atoms with Crippen LogP contribution < -0.4 is 5.73 Å². The summed E-state index contributed by atoms with van der Waals surface area (Å²) >= 11 is 0. The first-order valence-corrected chi connectivity index (χ1v) is 5.65. The molecule has 0 radical (unpaired) electrons. The molecular weight excluding hydrogens is 224 g/mol. The number of nitrogens with zero attached hydrogens (tertiary/aromatic N) is 2. The van der Waals surface area contributed by atoms with E-state index in [9.17, 15) is 0 Å². The molecule has 0 amide bonds. The van der Waals surface area contributed by atoms with E-state index in [1.54, 1.807) is 12.4 Å². The van der Waals surface area contributed by atoms with Gasteiger partial charge >= 0.3 is 0 Å². The molecule has 0 atom stereocenters. The molecule has 2 aromatic heterocycles. The van der Waals surface area contributed by atoms with E-state index >= 15 is 0 Å². The Bertz CT molecular complexity index is 658. The third kappa shape index (κ3) is 1.96. The molecule has 0 saturated carbocycles. The summed E-state index contributed by atoms with van der Waals surface area (Å²) in [5.74, 6) is 0.794. The molecule has 88 valence electrons. The van der Waals surface area contributed by atoms with Crippen molar-refractivity contribution in [1.82, 2.24) is 15.0 Å². The SMILES string of the molecule is Nc1cccc(-c2ncc(-c3ccccn3)[nH]2)c1. The van der Waals surface area contributed by atoms with Crippen molar-refractivity contribution in [2.24, 2.45) is 0 Å². The van der Waals surface area contributed by atoms with Crippen LogP contribution in [0.2, 0.25) is 0 Å². The Morgan fingerprint density at radius 3 is 2.72 bits per heavy atom. The van der Waals surface area contributed by atoms with Crippen LogP contribution in [0.4, 0.5) is 5.69 Å². The summed E-state index contributed by atoms with van der Waals surface area (Å²) in [5.41, 5.74) is 9.23. The van der Waals surface area contributed by atoms with Gasteiger partial charge in [-0.15, -0.1) is 0 Å². The Balaban J connectivity index is 2.00. The quantitative estimate of drug-likeness (QED) is 0.672. The Kier molecular flexibility index (Phi) is 2.53. The van der Waals surface area contributed by atoms with Crippen molar-refractivity contribution in [3.63, 3.8) is 0 Å². The van der Waals surface area contributed by atoms with Crippen LogP contribution in [0.3, 0.4) is 0 Å². The van der Waals surface area contributed by atoms with Gasteiger partial charge in [0, 0.05) is 17.4 Å². The van der Waals surface area contributed by atoms with Crippen molar-refractivity contribution in [2.45, 2.75) is 0 Å². The predicted molar refractivity (Wildman–Crippen MR) is 71.7 cm³/mol. The van der Waals surface area contributed by atoms with Crippen LogP contribution in [0.5, 0.6) is 0 Å². The van der Waals surface area contributed by atoms with Gasteiger partial charge in [-0.1, -0.05) is 18.2 Å². The largest absolute Gasteiger partial charge is 0.399 e. The number of H-pyrrole nitrogens is 1. The average Bonchev–Trinajstić information content (AvgIpc) is 2.89. The number of aromatic nitrogens is 3. The molecule has 3 rings (SSSR count). The highest BCUT2D eigenvalue weighted by Gasteiger charge is 2.05. The fourth-order valence-electron chi connectivity index (χ4n) is 1.81. The maximum Gasteiger partial charge on any atom is 0.137 e. The third-order valence-electron chi connectivity index (χ3n) is 2.68. The van der Waals surface area contributed by atoms with Gasteiger partial charge in [0.2, 0.25) is 0 Å². The van der Waals surface area contributed by atoms with E-state index in [4.69, 9.17) is 5.73 Å². The molecule has 0 aliphatic rings. The number of nitrogens with two attached hydrogens (primary N) is 1. The number of anilines is 1. The highest BCUT2D eigenvalue weighted by atomic mass is 14.9. The molecule has 4 nitrogen and oxygen atoms in total. The Morgan fingerprint density at radius 2 is 1.94 bits per heavy atom. The second-order valence-corrected chi connectivity index (χ2v) is 3.99. The normalized spacial score (nSPS) is 10.4. The minimum atomic E-state index is 0.725. The number of aromatic amines is 1. The lowest BCUT2D eigenvalue weighted by molar-refractivity contribution is 1.27. The van der Waals surface area contributed by atoms with Crippen molar-refractivity contribution in [2.75, 3.05) is 5.73 Å². The van der Waals surface area contributed by atoms with Crippen molar-refractivity contribution in [3.05, 3.63) is 54.9 Å². The van der Waals surface area contributed by atoms with Gasteiger partial charge in [-0.2, -0.15) is 0 Å². The number of nitrogen functional groups attached to an aromatic ring is 1. The second kappa shape index (κ2) is 4.33. The molecule has 0 aliphatic heterocycles. The topological polar surface area (TPSA) is 67.6 Å². The molecule has 2 heterocycles. The van der Waals surface area contributed by atoms with Crippen molar-refractivity contribution >= 4 is 5.69 Å². The molecular formula is C14H12N4. The fourth-order valence-corrected chi connectivity index (χ4v) is 1.81. The summed E-state index contributed by atoms with van der Waals surface area (Å²) in [6, 6.07) is 13.4. The van der Waals surface area contributed by atoms with Crippen molar-refractivity contribution in [3.8, 4) is 22.8 Å². The van der Waals surface area contributed by atoms with Crippen LogP contribution in [0.15, 0.2) is 54.9 Å². The standard InChI is InChI=1S/C14H12N4/c15-11-5-3-4-10(8-11)14-17-9-13(18-14)12-6-1-2-7-16-12/h1-9H,15H2,(H,17,18). The van der Waals surface area contributed by atoms with Crippen LogP contribution in [0, 0.1) is 0 Å². The number of imidazole rings is 1. The van der Waals surface area contributed by atoms with Gasteiger partial charge in [0.1, 0.15) is 5.82 Å². The van der Waals surface area contributed by atoms with Gasteiger partial charge in [-0.3, -0.25) is 4.98 Å². The molecule has 18 heavy (non-hydrogen) atoms. The number of hydrogen-bond acceptors (Lipinski definition) is 3. The lowest BCUT2D eigenvalue weighted by Crippen LogP contribution is -1.86. The van der Waals surface area contributed by atoms with Crippen LogP contribution in [-0.4, -0.2) is 15.0 Å². The highest BCUT2D eigenvalue weighted by Crippen LogP contribution is 2.21. The number of pyridine rings is 1. The van der Waals surface area contributed by atoms with Crippen molar-refractivity contribution in [1.29, 1.82) is 0 Å².